The molecule has 2 aliphatic rings. The van der Waals surface area contributed by atoms with Gasteiger partial charge < -0.3 is 25.5 Å². The van der Waals surface area contributed by atoms with Gasteiger partial charge in [-0.25, -0.2) is 0 Å². The van der Waals surface area contributed by atoms with Crippen LogP contribution in [0.3, 0.4) is 0 Å². The van der Waals surface area contributed by atoms with Crippen LogP contribution in [0.15, 0.2) is 23.0 Å². The molecule has 1 fully saturated rings. The van der Waals surface area contributed by atoms with Gasteiger partial charge in [0.2, 0.25) is 0 Å². The topological polar surface area (TPSA) is 108 Å². The number of piperidine rings is 1. The first-order valence-corrected chi connectivity index (χ1v) is 9.13. The molecule has 2 bridgehead atoms. The summed E-state index contributed by atoms with van der Waals surface area (Å²) in [5.74, 6) is 1.02. The quantitative estimate of drug-likeness (QED) is 0.700. The maximum absolute atomic E-state index is 11.8. The Kier molecular flexibility index (Phi) is 10.6. The van der Waals surface area contributed by atoms with Crippen molar-refractivity contribution in [3.8, 4) is 0 Å². The number of nitrogens with zero attached hydrogens (tertiary/aromatic N) is 2. The molecule has 6 nitrogen and oxygen atoms in total. The third-order valence-corrected chi connectivity index (χ3v) is 3.97. The number of aliphatic hydroxyl groups is 1. The molecule has 0 aromatic carbocycles. The van der Waals surface area contributed by atoms with Gasteiger partial charge >= 0.3 is 33.3 Å². The van der Waals surface area contributed by atoms with Crippen molar-refractivity contribution in [2.75, 3.05) is 26.2 Å². The summed E-state index contributed by atoms with van der Waals surface area (Å²) in [5, 5.41) is 9.02. The zero-order valence-electron chi connectivity index (χ0n) is 11.9. The molecule has 0 spiro atoms. The van der Waals surface area contributed by atoms with Crippen LogP contribution < -0.4 is 5.56 Å². The van der Waals surface area contributed by atoms with Crippen LogP contribution >= 0.6 is 20.2 Å². The number of rotatable bonds is 2. The Morgan fingerprint density at radius 2 is 1.91 bits per heavy atom. The predicted molar refractivity (Wildman–Crippen MR) is 84.0 cm³/mol. The van der Waals surface area contributed by atoms with Gasteiger partial charge in [-0.15, -0.1) is 0 Å². The van der Waals surface area contributed by atoms with Crippen LogP contribution in [0.1, 0.15) is 18.0 Å². The molecule has 0 radical (unpaired) electrons. The van der Waals surface area contributed by atoms with E-state index in [-0.39, 0.29) is 23.1 Å². The molecule has 9 heteroatoms. The molecule has 0 aliphatic carbocycles. The second-order valence-corrected chi connectivity index (χ2v) is 6.78. The molecule has 1 aromatic rings. The van der Waals surface area contributed by atoms with Gasteiger partial charge in [-0.2, -0.15) is 0 Å². The first-order valence-electron chi connectivity index (χ1n) is 6.53. The Morgan fingerprint density at radius 3 is 2.55 bits per heavy atom. The number of hydrogen-bond donors (Lipinski definition) is 1. The Labute approximate surface area is 144 Å². The van der Waals surface area contributed by atoms with Gasteiger partial charge in [-0.1, -0.05) is 6.07 Å². The fraction of sp³-hybridized carbons (Fsp3) is 0.615. The van der Waals surface area contributed by atoms with E-state index in [0.29, 0.717) is 11.8 Å². The van der Waals surface area contributed by atoms with Crippen molar-refractivity contribution in [2.45, 2.75) is 18.9 Å². The van der Waals surface area contributed by atoms with Gasteiger partial charge in [0, 0.05) is 43.9 Å². The van der Waals surface area contributed by atoms with E-state index in [1.165, 1.54) is 12.1 Å². The normalized spacial score (nSPS) is 22.5. The fourth-order valence-corrected chi connectivity index (χ4v) is 3.32. The molecule has 5 N–H and O–H groups in total. The third kappa shape index (κ3) is 5.22. The van der Waals surface area contributed by atoms with E-state index in [2.05, 4.69) is 31.2 Å². The van der Waals surface area contributed by atoms with Gasteiger partial charge in [0.25, 0.3) is 5.56 Å². The van der Waals surface area contributed by atoms with Crippen LogP contribution in [0.4, 0.5) is 0 Å². The maximum atomic E-state index is 11.8. The summed E-state index contributed by atoms with van der Waals surface area (Å²) in [6.45, 7) is 3.80. The zero-order chi connectivity index (χ0) is 14.5. The van der Waals surface area contributed by atoms with Crippen LogP contribution in [-0.4, -0.2) is 51.8 Å². The molecule has 1 saturated heterocycles. The number of halogens is 2. The Morgan fingerprint density at radius 1 is 1.23 bits per heavy atom. The van der Waals surface area contributed by atoms with E-state index in [1.807, 2.05) is 10.6 Å². The molecule has 2 atom stereocenters. The molecule has 0 amide bonds. The summed E-state index contributed by atoms with van der Waals surface area (Å²) in [6, 6.07) is 5.58. The number of fused-ring (bicyclic) bond motifs is 4. The van der Waals surface area contributed by atoms with Crippen molar-refractivity contribution in [3.05, 3.63) is 34.2 Å². The second kappa shape index (κ2) is 10.6. The number of aromatic nitrogens is 1. The molecule has 133 valence electrons. The van der Waals surface area contributed by atoms with Crippen molar-refractivity contribution >= 4 is 20.2 Å². The van der Waals surface area contributed by atoms with Crippen LogP contribution in [0.25, 0.3) is 0 Å². The predicted octanol–water partition coefficient (Wildman–Crippen LogP) is -0.0132. The van der Waals surface area contributed by atoms with Crippen LogP contribution in [-0.2, 0) is 19.7 Å². The van der Waals surface area contributed by atoms with Gasteiger partial charge in [0.1, 0.15) is 0 Å². The second-order valence-electron chi connectivity index (χ2n) is 5.22. The van der Waals surface area contributed by atoms with Crippen molar-refractivity contribution in [1.82, 2.24) is 9.47 Å². The van der Waals surface area contributed by atoms with Crippen LogP contribution in [0.5, 0.6) is 0 Å². The summed E-state index contributed by atoms with van der Waals surface area (Å²) in [7, 11) is 9.34. The molecule has 2 unspecified atom stereocenters. The fourth-order valence-electron chi connectivity index (χ4n) is 3.32. The minimum absolute atomic E-state index is 0. The number of pyridine rings is 1. The average molecular weight is 405 g/mol. The molecular weight excluding hydrogens is 383 g/mol. The third-order valence-electron chi connectivity index (χ3n) is 3.97. The molecule has 3 heterocycles. The summed E-state index contributed by atoms with van der Waals surface area (Å²) in [4.78, 5) is 14.1. The van der Waals surface area contributed by atoms with Crippen molar-refractivity contribution in [3.63, 3.8) is 0 Å². The van der Waals surface area contributed by atoms with Gasteiger partial charge in [0.05, 0.1) is 6.61 Å². The molecule has 22 heavy (non-hydrogen) atoms. The van der Waals surface area contributed by atoms with Gasteiger partial charge in [-0.3, -0.25) is 4.79 Å². The number of aliphatic hydroxyl groups excluding tert-OH is 1. The monoisotopic (exact) mass is 403 g/mol. The van der Waals surface area contributed by atoms with E-state index in [9.17, 15) is 4.79 Å². The summed E-state index contributed by atoms with van der Waals surface area (Å²) < 4.78 is 1.94. The van der Waals surface area contributed by atoms with E-state index in [0.717, 1.165) is 39.3 Å². The first-order chi connectivity index (χ1) is 9.69. The standard InChI is InChI=1S/C13H18N2O2.2ClH.Cu.2H2O/c16-5-4-14-7-10-6-11(9-14)12-2-1-3-13(17)15(12)8-10;;;;;/h1-3,10-11,16H,4-9H2;2*1H;;2*1H2/q;;;+2;;/p-2. The summed E-state index contributed by atoms with van der Waals surface area (Å²) >= 11 is 0.757. The van der Waals surface area contributed by atoms with Gasteiger partial charge in [-0.05, 0) is 18.4 Å². The van der Waals surface area contributed by atoms with E-state index in [4.69, 9.17) is 5.11 Å². The summed E-state index contributed by atoms with van der Waals surface area (Å²) in [5.41, 5.74) is 1.31. The Balaban J connectivity index is 0.000000820. The average Bonchev–Trinajstić information content (AvgIpc) is 2.41. The van der Waals surface area contributed by atoms with E-state index < -0.39 is 0 Å². The van der Waals surface area contributed by atoms with E-state index in [1.54, 1.807) is 6.07 Å². The van der Waals surface area contributed by atoms with Crippen molar-refractivity contribution in [2.24, 2.45) is 5.92 Å². The SMILES string of the molecule is O.O.O=c1cccc2n1CC1CC2CN(CCO)C1.[Cl][Cu][Cl]. The number of likely N-dealkylation sites (tertiary alicyclic amines) is 1. The zero-order valence-corrected chi connectivity index (χ0v) is 14.4. The van der Waals surface area contributed by atoms with Crippen LogP contribution in [0.2, 0.25) is 0 Å². The van der Waals surface area contributed by atoms with Crippen molar-refractivity contribution < 1.29 is 29.2 Å². The Hall–Kier alpha value is -0.111. The van der Waals surface area contributed by atoms with E-state index >= 15 is 0 Å². The van der Waals surface area contributed by atoms with Gasteiger partial charge in [0.15, 0.2) is 0 Å². The van der Waals surface area contributed by atoms with Crippen LogP contribution in [0, 0.1) is 5.92 Å². The number of β-amino-alcohol motifs (C(OH)–C–C–N with tert-alkyl or cyclic N) is 1. The summed E-state index contributed by atoms with van der Waals surface area (Å²) in [6.07, 6.45) is 1.19. The Bertz CT molecular complexity index is 503. The molecule has 2 aliphatic heterocycles. The van der Waals surface area contributed by atoms with Crippen molar-refractivity contribution in [1.29, 1.82) is 0 Å². The molecule has 1 aromatic heterocycles. The first kappa shape index (κ1) is 21.9. The number of hydrogen-bond acceptors (Lipinski definition) is 3. The molecule has 0 saturated carbocycles. The minimum atomic E-state index is 0. The molecule has 3 rings (SSSR count). The molecular formula is C13H22Cl2CuN2O4.